The highest BCUT2D eigenvalue weighted by molar-refractivity contribution is 5.76. The van der Waals surface area contributed by atoms with Gasteiger partial charge in [0.15, 0.2) is 6.10 Å². The molecule has 0 aromatic heterocycles. The summed E-state index contributed by atoms with van der Waals surface area (Å²) in [5.41, 5.74) is 0.545. The Kier molecular flexibility index (Phi) is 4.59. The van der Waals surface area contributed by atoms with Crippen molar-refractivity contribution >= 4 is 17.3 Å². The highest BCUT2D eigenvalue weighted by Crippen LogP contribution is 2.29. The second kappa shape index (κ2) is 6.40. The van der Waals surface area contributed by atoms with E-state index in [1.54, 1.807) is 6.07 Å². The zero-order chi connectivity index (χ0) is 15.4. The predicted octanol–water partition coefficient (Wildman–Crippen LogP) is 0.982. The van der Waals surface area contributed by atoms with Crippen molar-refractivity contribution in [1.29, 1.82) is 0 Å². The monoisotopic (exact) mass is 296 g/mol. The first-order valence-electron chi connectivity index (χ1n) is 6.33. The van der Waals surface area contributed by atoms with Crippen molar-refractivity contribution in [3.63, 3.8) is 0 Å². The number of nitro benzene ring substituents is 1. The molecule has 0 radical (unpaired) electrons. The topological polar surface area (TPSA) is 91.1 Å². The molecule has 1 aliphatic heterocycles. The lowest BCUT2D eigenvalue weighted by Gasteiger charge is -2.33. The molecule has 114 valence electrons. The fourth-order valence-electron chi connectivity index (χ4n) is 2.13. The van der Waals surface area contributed by atoms with Crippen molar-refractivity contribution in [2.24, 2.45) is 0 Å². The number of hydrogen-bond acceptors (Lipinski definition) is 7. The number of methoxy groups -OCH3 is 2. The Morgan fingerprint density at radius 1 is 1.43 bits per heavy atom. The van der Waals surface area contributed by atoms with Gasteiger partial charge in [-0.1, -0.05) is 0 Å². The van der Waals surface area contributed by atoms with Crippen LogP contribution in [0.1, 0.15) is 0 Å². The average Bonchev–Trinajstić information content (AvgIpc) is 2.53. The Labute approximate surface area is 121 Å². The first-order valence-corrected chi connectivity index (χ1v) is 6.33. The molecule has 8 heteroatoms. The van der Waals surface area contributed by atoms with Gasteiger partial charge < -0.3 is 19.1 Å². The third-order valence-electron chi connectivity index (χ3n) is 3.22. The molecule has 1 heterocycles. The molecule has 1 aromatic rings. The summed E-state index contributed by atoms with van der Waals surface area (Å²) in [6, 6.07) is 4.48. The number of carbonyl (C=O) groups excluding carboxylic acids is 1. The number of esters is 1. The molecule has 0 N–H and O–H groups in total. The van der Waals surface area contributed by atoms with Crippen LogP contribution >= 0.6 is 0 Å². The van der Waals surface area contributed by atoms with Gasteiger partial charge in [0.25, 0.3) is 5.69 Å². The Bertz CT molecular complexity index is 547. The number of nitro groups is 1. The average molecular weight is 296 g/mol. The minimum atomic E-state index is -0.700. The van der Waals surface area contributed by atoms with Gasteiger partial charge in [-0.25, -0.2) is 4.79 Å². The molecule has 2 rings (SSSR count). The molecule has 0 spiro atoms. The number of nitrogens with zero attached hydrogens (tertiary/aromatic N) is 2. The Morgan fingerprint density at radius 2 is 2.19 bits per heavy atom. The van der Waals surface area contributed by atoms with E-state index in [0.29, 0.717) is 24.6 Å². The SMILES string of the molecule is COC(=O)C1CN(c2cc(OC)cc([N+](=O)[O-])c2)CCO1. The van der Waals surface area contributed by atoms with Crippen molar-refractivity contribution in [3.05, 3.63) is 28.3 Å². The third-order valence-corrected chi connectivity index (χ3v) is 3.22. The fraction of sp³-hybridized carbons (Fsp3) is 0.462. The number of ether oxygens (including phenoxy) is 3. The van der Waals surface area contributed by atoms with Gasteiger partial charge in [0.1, 0.15) is 5.75 Å². The van der Waals surface area contributed by atoms with E-state index in [-0.39, 0.29) is 12.2 Å². The van der Waals surface area contributed by atoms with E-state index in [9.17, 15) is 14.9 Å². The minimum Gasteiger partial charge on any atom is -0.496 e. The first kappa shape index (κ1) is 15.0. The van der Waals surface area contributed by atoms with E-state index in [1.807, 2.05) is 4.90 Å². The zero-order valence-electron chi connectivity index (χ0n) is 11.8. The van der Waals surface area contributed by atoms with Crippen LogP contribution in [-0.4, -0.2) is 50.9 Å². The number of hydrogen-bond donors (Lipinski definition) is 0. The molecule has 1 atom stereocenters. The van der Waals surface area contributed by atoms with Crippen molar-refractivity contribution in [1.82, 2.24) is 0 Å². The van der Waals surface area contributed by atoms with E-state index in [2.05, 4.69) is 4.74 Å². The summed E-state index contributed by atoms with van der Waals surface area (Å²) in [6.07, 6.45) is -0.700. The summed E-state index contributed by atoms with van der Waals surface area (Å²) in [7, 11) is 2.74. The second-order valence-corrected chi connectivity index (χ2v) is 4.47. The molecule has 1 aliphatic rings. The van der Waals surface area contributed by atoms with E-state index in [0.717, 1.165) is 0 Å². The van der Waals surface area contributed by atoms with Gasteiger partial charge >= 0.3 is 5.97 Å². The van der Waals surface area contributed by atoms with Crippen molar-refractivity contribution in [3.8, 4) is 5.75 Å². The fourth-order valence-corrected chi connectivity index (χ4v) is 2.13. The van der Waals surface area contributed by atoms with Crippen LogP contribution in [0.5, 0.6) is 5.75 Å². The maximum absolute atomic E-state index is 11.5. The van der Waals surface area contributed by atoms with Crippen LogP contribution in [0, 0.1) is 10.1 Å². The molecule has 0 bridgehead atoms. The molecule has 1 saturated heterocycles. The quantitative estimate of drug-likeness (QED) is 0.464. The highest BCUT2D eigenvalue weighted by atomic mass is 16.6. The molecular weight excluding hydrogens is 280 g/mol. The molecule has 0 saturated carbocycles. The first-order chi connectivity index (χ1) is 10.0. The number of carbonyl (C=O) groups is 1. The van der Waals surface area contributed by atoms with Gasteiger partial charge in [-0.05, 0) is 0 Å². The Hall–Kier alpha value is -2.35. The van der Waals surface area contributed by atoms with Crippen LogP contribution in [0.25, 0.3) is 0 Å². The zero-order valence-corrected chi connectivity index (χ0v) is 11.8. The highest BCUT2D eigenvalue weighted by Gasteiger charge is 2.28. The summed E-state index contributed by atoms with van der Waals surface area (Å²) in [4.78, 5) is 23.8. The van der Waals surface area contributed by atoms with Crippen molar-refractivity contribution in [2.45, 2.75) is 6.10 Å². The lowest BCUT2D eigenvalue weighted by molar-refractivity contribution is -0.384. The molecule has 1 aromatic carbocycles. The van der Waals surface area contributed by atoms with Crippen LogP contribution in [0.15, 0.2) is 18.2 Å². The van der Waals surface area contributed by atoms with Crippen molar-refractivity contribution < 1.29 is 23.9 Å². The lowest BCUT2D eigenvalue weighted by Crippen LogP contribution is -2.46. The van der Waals surface area contributed by atoms with Crippen LogP contribution in [0.3, 0.4) is 0 Å². The third kappa shape index (κ3) is 3.40. The second-order valence-electron chi connectivity index (χ2n) is 4.47. The van der Waals surface area contributed by atoms with Gasteiger partial charge in [0, 0.05) is 24.4 Å². The molecule has 8 nitrogen and oxygen atoms in total. The standard InChI is InChI=1S/C13H16N2O6/c1-19-11-6-9(5-10(7-11)15(17)18)14-3-4-21-12(8-14)13(16)20-2/h5-7,12H,3-4,8H2,1-2H3. The summed E-state index contributed by atoms with van der Waals surface area (Å²) in [6.45, 7) is 1.14. The minimum absolute atomic E-state index is 0.0644. The smallest absolute Gasteiger partial charge is 0.336 e. The maximum Gasteiger partial charge on any atom is 0.336 e. The summed E-state index contributed by atoms with van der Waals surface area (Å²) < 4.78 is 15.1. The number of rotatable bonds is 4. The van der Waals surface area contributed by atoms with Gasteiger partial charge in [0.05, 0.1) is 38.4 Å². The normalized spacial score (nSPS) is 18.2. The number of morpholine rings is 1. The Balaban J connectivity index is 2.26. The summed E-state index contributed by atoms with van der Waals surface area (Å²) >= 11 is 0. The predicted molar refractivity (Wildman–Crippen MR) is 73.6 cm³/mol. The van der Waals surface area contributed by atoms with Crippen LogP contribution < -0.4 is 9.64 Å². The molecular formula is C13H16N2O6. The summed E-state index contributed by atoms with van der Waals surface area (Å²) in [5, 5.41) is 11.0. The van der Waals surface area contributed by atoms with Gasteiger partial charge in [-0.3, -0.25) is 10.1 Å². The van der Waals surface area contributed by atoms with Crippen LogP contribution in [-0.2, 0) is 14.3 Å². The van der Waals surface area contributed by atoms with Crippen LogP contribution in [0.2, 0.25) is 0 Å². The van der Waals surface area contributed by atoms with Crippen LogP contribution in [0.4, 0.5) is 11.4 Å². The molecule has 1 fully saturated rings. The molecule has 1 unspecified atom stereocenters. The lowest BCUT2D eigenvalue weighted by atomic mass is 10.2. The number of non-ortho nitro benzene ring substituents is 1. The molecule has 21 heavy (non-hydrogen) atoms. The van der Waals surface area contributed by atoms with E-state index in [1.165, 1.54) is 26.4 Å². The largest absolute Gasteiger partial charge is 0.496 e. The van der Waals surface area contributed by atoms with E-state index >= 15 is 0 Å². The molecule has 0 amide bonds. The van der Waals surface area contributed by atoms with Gasteiger partial charge in [-0.15, -0.1) is 0 Å². The van der Waals surface area contributed by atoms with Crippen molar-refractivity contribution in [2.75, 3.05) is 38.8 Å². The van der Waals surface area contributed by atoms with E-state index < -0.39 is 17.0 Å². The Morgan fingerprint density at radius 3 is 2.81 bits per heavy atom. The van der Waals surface area contributed by atoms with Gasteiger partial charge in [0.2, 0.25) is 0 Å². The van der Waals surface area contributed by atoms with Gasteiger partial charge in [-0.2, -0.15) is 0 Å². The van der Waals surface area contributed by atoms with E-state index in [4.69, 9.17) is 9.47 Å². The molecule has 0 aliphatic carbocycles. The maximum atomic E-state index is 11.5. The summed E-state index contributed by atoms with van der Waals surface area (Å²) in [5.74, 6) is -0.0718. The number of benzene rings is 1. The number of anilines is 1.